The maximum Gasteiger partial charge on any atom is 0.169 e. The molecule has 92 valence electrons. The lowest BCUT2D eigenvalue weighted by molar-refractivity contribution is 0.0899. The summed E-state index contributed by atoms with van der Waals surface area (Å²) in [6, 6.07) is 5.49. The molecule has 1 saturated heterocycles. The molecule has 17 heavy (non-hydrogen) atoms. The van der Waals surface area contributed by atoms with Gasteiger partial charge in [0.25, 0.3) is 0 Å². The summed E-state index contributed by atoms with van der Waals surface area (Å²) in [7, 11) is 0. The number of halogens is 1. The highest BCUT2D eigenvalue weighted by Crippen LogP contribution is 2.27. The van der Waals surface area contributed by atoms with Crippen LogP contribution in [0.5, 0.6) is 5.75 Å². The van der Waals surface area contributed by atoms with Crippen molar-refractivity contribution in [1.82, 2.24) is 0 Å². The Labute approximate surface area is 109 Å². The van der Waals surface area contributed by atoms with E-state index in [-0.39, 0.29) is 11.7 Å². The molecule has 0 N–H and O–H groups in total. The average molecular weight is 299 g/mol. The van der Waals surface area contributed by atoms with Crippen molar-refractivity contribution in [3.05, 3.63) is 28.2 Å². The first-order valence-electron chi connectivity index (χ1n) is 5.76. The molecule has 1 fully saturated rings. The van der Waals surface area contributed by atoms with Crippen molar-refractivity contribution in [2.45, 2.75) is 13.3 Å². The normalized spacial score (nSPS) is 19.3. The fraction of sp³-hybridized carbons (Fsp3) is 0.462. The standard InChI is InChI=1S/C13H15BrO3/c1-2-17-10-3-4-11(12(14)7-10)13(15)9-5-6-16-8-9/h3-4,7,9H,2,5-6,8H2,1H3. The van der Waals surface area contributed by atoms with Gasteiger partial charge in [0.1, 0.15) is 5.75 Å². The van der Waals surface area contributed by atoms with Crippen LogP contribution < -0.4 is 4.74 Å². The van der Waals surface area contributed by atoms with Crippen LogP contribution in [0.15, 0.2) is 22.7 Å². The average Bonchev–Trinajstić information content (AvgIpc) is 2.82. The second kappa shape index (κ2) is 5.65. The first-order valence-corrected chi connectivity index (χ1v) is 6.56. The minimum absolute atomic E-state index is 0.00393. The summed E-state index contributed by atoms with van der Waals surface area (Å²) in [5.74, 6) is 0.931. The van der Waals surface area contributed by atoms with E-state index < -0.39 is 0 Å². The van der Waals surface area contributed by atoms with Crippen molar-refractivity contribution < 1.29 is 14.3 Å². The van der Waals surface area contributed by atoms with Gasteiger partial charge in [-0.15, -0.1) is 0 Å². The van der Waals surface area contributed by atoms with Crippen LogP contribution >= 0.6 is 15.9 Å². The van der Waals surface area contributed by atoms with Crippen molar-refractivity contribution >= 4 is 21.7 Å². The molecule has 0 spiro atoms. The summed E-state index contributed by atoms with van der Waals surface area (Å²) in [6.45, 7) is 3.78. The molecule has 1 heterocycles. The van der Waals surface area contributed by atoms with Crippen LogP contribution in [-0.4, -0.2) is 25.6 Å². The summed E-state index contributed by atoms with van der Waals surface area (Å²) < 4.78 is 11.4. The van der Waals surface area contributed by atoms with Gasteiger partial charge in [-0.25, -0.2) is 0 Å². The summed E-state index contributed by atoms with van der Waals surface area (Å²) in [5, 5.41) is 0. The van der Waals surface area contributed by atoms with E-state index in [0.717, 1.165) is 16.6 Å². The van der Waals surface area contributed by atoms with Gasteiger partial charge in [0.15, 0.2) is 5.78 Å². The highest BCUT2D eigenvalue weighted by Gasteiger charge is 2.25. The van der Waals surface area contributed by atoms with Gasteiger partial charge in [0.2, 0.25) is 0 Å². The third kappa shape index (κ3) is 2.87. The molecule has 0 radical (unpaired) electrons. The third-order valence-electron chi connectivity index (χ3n) is 2.82. The van der Waals surface area contributed by atoms with Gasteiger partial charge >= 0.3 is 0 Å². The Morgan fingerprint density at radius 1 is 1.59 bits per heavy atom. The minimum atomic E-state index is 0.00393. The molecule has 4 heteroatoms. The van der Waals surface area contributed by atoms with Gasteiger partial charge in [-0.05, 0) is 47.5 Å². The number of ketones is 1. The highest BCUT2D eigenvalue weighted by molar-refractivity contribution is 9.10. The zero-order chi connectivity index (χ0) is 12.3. The number of Topliss-reactive ketones (excluding diaryl/α,β-unsaturated/α-hetero) is 1. The molecule has 1 atom stereocenters. The lowest BCUT2D eigenvalue weighted by atomic mass is 9.97. The monoisotopic (exact) mass is 298 g/mol. The quantitative estimate of drug-likeness (QED) is 0.802. The van der Waals surface area contributed by atoms with Gasteiger partial charge in [0.05, 0.1) is 13.2 Å². The Morgan fingerprint density at radius 2 is 2.41 bits per heavy atom. The topological polar surface area (TPSA) is 35.5 Å². The fourth-order valence-electron chi connectivity index (χ4n) is 1.91. The zero-order valence-electron chi connectivity index (χ0n) is 9.74. The largest absolute Gasteiger partial charge is 0.494 e. The second-order valence-electron chi connectivity index (χ2n) is 4.00. The highest BCUT2D eigenvalue weighted by atomic mass is 79.9. The van der Waals surface area contributed by atoms with Crippen LogP contribution in [-0.2, 0) is 4.74 Å². The third-order valence-corrected chi connectivity index (χ3v) is 3.47. The number of carbonyl (C=O) groups excluding carboxylic acids is 1. The van der Waals surface area contributed by atoms with Crippen LogP contribution in [0, 0.1) is 5.92 Å². The molecule has 0 aromatic heterocycles. The first-order chi connectivity index (χ1) is 8.22. The van der Waals surface area contributed by atoms with Crippen molar-refractivity contribution in [3.8, 4) is 5.75 Å². The fourth-order valence-corrected chi connectivity index (χ4v) is 2.47. The van der Waals surface area contributed by atoms with E-state index in [2.05, 4.69) is 15.9 Å². The van der Waals surface area contributed by atoms with Gasteiger partial charge < -0.3 is 9.47 Å². The number of carbonyl (C=O) groups is 1. The van der Waals surface area contributed by atoms with Gasteiger partial charge in [-0.1, -0.05) is 0 Å². The number of ether oxygens (including phenoxy) is 2. The number of hydrogen-bond donors (Lipinski definition) is 0. The Balaban J connectivity index is 2.17. The van der Waals surface area contributed by atoms with Crippen molar-refractivity contribution in [2.24, 2.45) is 5.92 Å². The van der Waals surface area contributed by atoms with Gasteiger partial charge in [-0.2, -0.15) is 0 Å². The minimum Gasteiger partial charge on any atom is -0.494 e. The van der Waals surface area contributed by atoms with E-state index in [0.29, 0.717) is 25.4 Å². The number of rotatable bonds is 4. The maximum absolute atomic E-state index is 12.2. The van der Waals surface area contributed by atoms with E-state index in [1.807, 2.05) is 25.1 Å². The van der Waals surface area contributed by atoms with E-state index in [4.69, 9.17) is 9.47 Å². The smallest absolute Gasteiger partial charge is 0.169 e. The van der Waals surface area contributed by atoms with Gasteiger partial charge in [0, 0.05) is 22.6 Å². The number of hydrogen-bond acceptors (Lipinski definition) is 3. The van der Waals surface area contributed by atoms with Crippen LogP contribution in [0.1, 0.15) is 23.7 Å². The molecule has 0 aliphatic carbocycles. The van der Waals surface area contributed by atoms with E-state index in [1.165, 1.54) is 0 Å². The number of benzene rings is 1. The molecule has 0 amide bonds. The second-order valence-corrected chi connectivity index (χ2v) is 4.85. The predicted octanol–water partition coefficient (Wildman–Crippen LogP) is 3.07. The Kier molecular flexibility index (Phi) is 4.18. The molecule has 1 aliphatic heterocycles. The summed E-state index contributed by atoms with van der Waals surface area (Å²) in [5.41, 5.74) is 0.712. The first kappa shape index (κ1) is 12.6. The van der Waals surface area contributed by atoms with E-state index in [1.54, 1.807) is 0 Å². The molecule has 0 bridgehead atoms. The zero-order valence-corrected chi connectivity index (χ0v) is 11.3. The molecule has 0 saturated carbocycles. The predicted molar refractivity (Wildman–Crippen MR) is 68.6 cm³/mol. The summed E-state index contributed by atoms with van der Waals surface area (Å²) in [4.78, 5) is 12.2. The maximum atomic E-state index is 12.2. The molecule has 1 unspecified atom stereocenters. The van der Waals surface area contributed by atoms with Crippen LogP contribution in [0.25, 0.3) is 0 Å². The van der Waals surface area contributed by atoms with Gasteiger partial charge in [-0.3, -0.25) is 4.79 Å². The van der Waals surface area contributed by atoms with Crippen LogP contribution in [0.4, 0.5) is 0 Å². The Hall–Kier alpha value is -0.870. The molecule has 1 aromatic rings. The Bertz CT molecular complexity index is 411. The SMILES string of the molecule is CCOc1ccc(C(=O)C2CCOC2)c(Br)c1. The summed E-state index contributed by atoms with van der Waals surface area (Å²) in [6.07, 6.45) is 0.818. The van der Waals surface area contributed by atoms with E-state index in [9.17, 15) is 4.79 Å². The van der Waals surface area contributed by atoms with Crippen molar-refractivity contribution in [2.75, 3.05) is 19.8 Å². The lowest BCUT2D eigenvalue weighted by Gasteiger charge is -2.10. The van der Waals surface area contributed by atoms with Crippen molar-refractivity contribution in [3.63, 3.8) is 0 Å². The molecular weight excluding hydrogens is 284 g/mol. The molecular formula is C13H15BrO3. The molecule has 2 rings (SSSR count). The molecule has 1 aromatic carbocycles. The van der Waals surface area contributed by atoms with Crippen molar-refractivity contribution in [1.29, 1.82) is 0 Å². The summed E-state index contributed by atoms with van der Waals surface area (Å²) >= 11 is 3.42. The van der Waals surface area contributed by atoms with Crippen LogP contribution in [0.3, 0.4) is 0 Å². The molecule has 3 nitrogen and oxygen atoms in total. The van der Waals surface area contributed by atoms with E-state index >= 15 is 0 Å². The Morgan fingerprint density at radius 3 is 3.00 bits per heavy atom. The lowest BCUT2D eigenvalue weighted by Crippen LogP contribution is -2.15. The molecule has 1 aliphatic rings. The van der Waals surface area contributed by atoms with Crippen LogP contribution in [0.2, 0.25) is 0 Å².